The Balaban J connectivity index is 2.73. The molecule has 0 aromatic rings. The molecule has 1 atom stereocenters. The van der Waals surface area contributed by atoms with Gasteiger partial charge < -0.3 is 4.74 Å². The van der Waals surface area contributed by atoms with Crippen molar-refractivity contribution in [3.63, 3.8) is 0 Å². The monoisotopic (exact) mass is 244 g/mol. The molecule has 1 saturated heterocycles. The average molecular weight is 244 g/mol. The minimum absolute atomic E-state index is 0.0616. The minimum atomic E-state index is -1.13. The van der Waals surface area contributed by atoms with E-state index in [1.54, 1.807) is 6.92 Å². The lowest BCUT2D eigenvalue weighted by atomic mass is 9.79. The topological polar surface area (TPSA) is 51.4 Å². The second-order valence-electron chi connectivity index (χ2n) is 5.81. The van der Waals surface area contributed by atoms with Crippen LogP contribution in [0.15, 0.2) is 0 Å². The molecular weight excluding hydrogens is 220 g/mol. The summed E-state index contributed by atoms with van der Waals surface area (Å²) in [5.41, 5.74) is 0.134. The maximum Gasteiger partial charge on any atom is 0.372 e. The van der Waals surface area contributed by atoms with Crippen molar-refractivity contribution in [1.29, 1.82) is 0 Å². The fourth-order valence-electron chi connectivity index (χ4n) is 2.16. The van der Waals surface area contributed by atoms with Gasteiger partial charge in [0.25, 0.3) is 0 Å². The van der Waals surface area contributed by atoms with E-state index in [0.717, 1.165) is 19.3 Å². The molecule has 1 heterocycles. The van der Waals surface area contributed by atoms with E-state index in [2.05, 4.69) is 27.7 Å². The molecule has 17 heavy (non-hydrogen) atoms. The van der Waals surface area contributed by atoms with Crippen molar-refractivity contribution in [2.75, 3.05) is 6.61 Å². The van der Waals surface area contributed by atoms with Crippen molar-refractivity contribution < 1.29 is 19.3 Å². The third-order valence-corrected chi connectivity index (χ3v) is 2.86. The lowest BCUT2D eigenvalue weighted by Crippen LogP contribution is -2.37. The van der Waals surface area contributed by atoms with Crippen LogP contribution in [0, 0.1) is 11.3 Å². The molecule has 1 aliphatic rings. The van der Waals surface area contributed by atoms with Gasteiger partial charge in [0.15, 0.2) is 0 Å². The Morgan fingerprint density at radius 1 is 1.29 bits per heavy atom. The maximum atomic E-state index is 11.9. The van der Waals surface area contributed by atoms with Gasteiger partial charge in [-0.1, -0.05) is 34.1 Å². The zero-order valence-electron chi connectivity index (χ0n) is 11.5. The van der Waals surface area contributed by atoms with Crippen molar-refractivity contribution in [2.24, 2.45) is 11.3 Å². The van der Waals surface area contributed by atoms with Gasteiger partial charge in [-0.25, -0.2) is 4.79 Å². The zero-order chi connectivity index (χ0) is 13.1. The molecule has 4 nitrogen and oxygen atoms in total. The lowest BCUT2D eigenvalue weighted by molar-refractivity contribution is -0.153. The highest BCUT2D eigenvalue weighted by Gasteiger charge is 2.63. The number of esters is 1. The summed E-state index contributed by atoms with van der Waals surface area (Å²) in [6, 6.07) is 0. The van der Waals surface area contributed by atoms with E-state index in [-0.39, 0.29) is 17.3 Å². The van der Waals surface area contributed by atoms with Crippen LogP contribution in [0.25, 0.3) is 0 Å². The van der Waals surface area contributed by atoms with Crippen molar-refractivity contribution >= 4 is 5.97 Å². The molecule has 0 amide bonds. The van der Waals surface area contributed by atoms with Crippen LogP contribution in [0.4, 0.5) is 0 Å². The standard InChI is InChI=1S/C13H24O4/c1-6-8-10(9-12(3,4)5)13(16-17-13)11(14)15-7-2/h10H,6-9H2,1-5H3. The van der Waals surface area contributed by atoms with Crippen LogP contribution in [0.5, 0.6) is 0 Å². The van der Waals surface area contributed by atoms with Crippen LogP contribution in [0.2, 0.25) is 0 Å². The Bertz CT molecular complexity index is 263. The molecule has 100 valence electrons. The minimum Gasteiger partial charge on any atom is -0.462 e. The molecule has 0 bridgehead atoms. The van der Waals surface area contributed by atoms with E-state index in [0.29, 0.717) is 6.61 Å². The molecule has 0 N–H and O–H groups in total. The van der Waals surface area contributed by atoms with Crippen molar-refractivity contribution in [3.8, 4) is 0 Å². The van der Waals surface area contributed by atoms with E-state index >= 15 is 0 Å². The quantitative estimate of drug-likeness (QED) is 0.409. The van der Waals surface area contributed by atoms with Gasteiger partial charge in [0.2, 0.25) is 0 Å². The smallest absolute Gasteiger partial charge is 0.372 e. The first kappa shape index (κ1) is 14.5. The molecule has 0 aliphatic carbocycles. The molecule has 0 saturated carbocycles. The Morgan fingerprint density at radius 3 is 2.24 bits per heavy atom. The fourth-order valence-corrected chi connectivity index (χ4v) is 2.16. The van der Waals surface area contributed by atoms with Crippen molar-refractivity contribution in [3.05, 3.63) is 0 Å². The molecule has 1 fully saturated rings. The van der Waals surface area contributed by atoms with E-state index < -0.39 is 5.79 Å². The van der Waals surface area contributed by atoms with E-state index in [4.69, 9.17) is 14.5 Å². The molecule has 1 rings (SSSR count). The van der Waals surface area contributed by atoms with Gasteiger partial charge in [0.05, 0.1) is 6.61 Å². The highest BCUT2D eigenvalue weighted by molar-refractivity contribution is 5.79. The first-order chi connectivity index (χ1) is 7.85. The Kier molecular flexibility index (Phi) is 4.55. The molecule has 1 aliphatic heterocycles. The molecular formula is C13H24O4. The number of hydrogen-bond donors (Lipinski definition) is 0. The predicted molar refractivity (Wildman–Crippen MR) is 64.0 cm³/mol. The van der Waals surface area contributed by atoms with Crippen LogP contribution in [0.3, 0.4) is 0 Å². The van der Waals surface area contributed by atoms with E-state index in [9.17, 15) is 4.79 Å². The van der Waals surface area contributed by atoms with Crippen molar-refractivity contribution in [2.45, 2.75) is 59.7 Å². The van der Waals surface area contributed by atoms with Gasteiger partial charge in [-0.3, -0.25) is 0 Å². The lowest BCUT2D eigenvalue weighted by Gasteiger charge is -2.26. The molecule has 0 aromatic carbocycles. The van der Waals surface area contributed by atoms with E-state index in [1.807, 2.05) is 0 Å². The SMILES string of the molecule is CCCC(CC(C)(C)C)C1(C(=O)OCC)OO1. The van der Waals surface area contributed by atoms with E-state index in [1.165, 1.54) is 0 Å². The number of carbonyl (C=O) groups is 1. The second kappa shape index (κ2) is 5.36. The Hall–Kier alpha value is -0.610. The molecule has 0 aromatic heterocycles. The summed E-state index contributed by atoms with van der Waals surface area (Å²) in [4.78, 5) is 21.9. The highest BCUT2D eigenvalue weighted by Crippen LogP contribution is 2.46. The van der Waals surface area contributed by atoms with Gasteiger partial charge in [-0.15, -0.1) is 0 Å². The first-order valence-corrected chi connectivity index (χ1v) is 6.39. The highest BCUT2D eigenvalue weighted by atomic mass is 17.4. The Labute approximate surface area is 104 Å². The summed E-state index contributed by atoms with van der Waals surface area (Å²) in [5.74, 6) is -1.45. The zero-order valence-corrected chi connectivity index (χ0v) is 11.5. The summed E-state index contributed by atoms with van der Waals surface area (Å²) in [6.07, 6.45) is 2.77. The van der Waals surface area contributed by atoms with Crippen LogP contribution in [-0.2, 0) is 19.3 Å². The van der Waals surface area contributed by atoms with Crippen LogP contribution >= 0.6 is 0 Å². The van der Waals surface area contributed by atoms with Crippen LogP contribution in [-0.4, -0.2) is 18.4 Å². The maximum absolute atomic E-state index is 11.9. The van der Waals surface area contributed by atoms with Gasteiger partial charge in [-0.2, -0.15) is 9.78 Å². The first-order valence-electron chi connectivity index (χ1n) is 6.39. The fraction of sp³-hybridized carbons (Fsp3) is 0.923. The average Bonchev–Trinajstić information content (AvgIpc) is 2.96. The number of hydrogen-bond acceptors (Lipinski definition) is 4. The number of ether oxygens (including phenoxy) is 1. The Morgan fingerprint density at radius 2 is 1.88 bits per heavy atom. The van der Waals surface area contributed by atoms with Gasteiger partial charge in [0.1, 0.15) is 0 Å². The summed E-state index contributed by atoms with van der Waals surface area (Å²) >= 11 is 0. The molecule has 1 unspecified atom stereocenters. The molecule has 4 heteroatoms. The van der Waals surface area contributed by atoms with Crippen LogP contribution < -0.4 is 0 Å². The third-order valence-electron chi connectivity index (χ3n) is 2.86. The molecule has 0 radical (unpaired) electrons. The second-order valence-corrected chi connectivity index (χ2v) is 5.81. The van der Waals surface area contributed by atoms with Gasteiger partial charge in [0, 0.05) is 5.92 Å². The number of carbonyl (C=O) groups excluding carboxylic acids is 1. The normalized spacial score (nSPS) is 19.8. The summed E-state index contributed by atoms with van der Waals surface area (Å²) in [7, 11) is 0. The summed E-state index contributed by atoms with van der Waals surface area (Å²) in [5, 5.41) is 0. The number of rotatable bonds is 6. The molecule has 0 spiro atoms. The van der Waals surface area contributed by atoms with Crippen LogP contribution in [0.1, 0.15) is 53.9 Å². The summed E-state index contributed by atoms with van der Waals surface area (Å²) < 4.78 is 5.02. The summed E-state index contributed by atoms with van der Waals surface area (Å²) in [6.45, 7) is 10.7. The van der Waals surface area contributed by atoms with Crippen molar-refractivity contribution in [1.82, 2.24) is 0 Å². The van der Waals surface area contributed by atoms with Gasteiger partial charge in [-0.05, 0) is 25.2 Å². The largest absolute Gasteiger partial charge is 0.462 e. The van der Waals surface area contributed by atoms with Gasteiger partial charge >= 0.3 is 11.8 Å². The third kappa shape index (κ3) is 3.68. The predicted octanol–water partition coefficient (Wildman–Crippen LogP) is 3.06.